The third-order valence-corrected chi connectivity index (χ3v) is 6.78. The third kappa shape index (κ3) is 6.33. The molecule has 1 aromatic rings. The van der Waals surface area contributed by atoms with Crippen LogP contribution in [-0.4, -0.2) is 67.2 Å². The van der Waals surface area contributed by atoms with Crippen molar-refractivity contribution in [1.82, 2.24) is 15.1 Å². The average Bonchev–Trinajstić information content (AvgIpc) is 3.27. The maximum absolute atomic E-state index is 5.76. The molecule has 1 N–H and O–H groups in total. The summed E-state index contributed by atoms with van der Waals surface area (Å²) in [6.45, 7) is 9.50. The lowest BCUT2D eigenvalue weighted by Crippen LogP contribution is -2.56. The Hall–Kier alpha value is -0.860. The molecule has 3 aliphatic heterocycles. The first-order valence-electron chi connectivity index (χ1n) is 11.8. The monoisotopic (exact) mass is 526 g/mol. The van der Waals surface area contributed by atoms with Crippen molar-refractivity contribution >= 4 is 29.9 Å². The molecule has 0 aromatic heterocycles. The molecule has 0 aliphatic carbocycles. The van der Waals surface area contributed by atoms with Gasteiger partial charge in [-0.1, -0.05) is 30.3 Å². The van der Waals surface area contributed by atoms with Crippen molar-refractivity contribution < 1.29 is 4.74 Å². The van der Waals surface area contributed by atoms with Gasteiger partial charge in [0, 0.05) is 45.4 Å². The Balaban J connectivity index is 0.00000256. The van der Waals surface area contributed by atoms with Gasteiger partial charge in [0.2, 0.25) is 0 Å². The molecule has 3 fully saturated rings. The molecular formula is C24H39IN4O. The molecule has 0 amide bonds. The Morgan fingerprint density at radius 3 is 2.77 bits per heavy atom. The molecule has 168 valence electrons. The van der Waals surface area contributed by atoms with Crippen molar-refractivity contribution in [3.8, 4) is 0 Å². The second-order valence-electron chi connectivity index (χ2n) is 8.82. The van der Waals surface area contributed by atoms with Gasteiger partial charge in [0.1, 0.15) is 0 Å². The van der Waals surface area contributed by atoms with E-state index >= 15 is 0 Å². The molecule has 30 heavy (non-hydrogen) atoms. The van der Waals surface area contributed by atoms with E-state index in [-0.39, 0.29) is 24.0 Å². The van der Waals surface area contributed by atoms with Crippen molar-refractivity contribution in [2.45, 2.75) is 64.1 Å². The van der Waals surface area contributed by atoms with E-state index in [2.05, 4.69) is 52.4 Å². The quantitative estimate of drug-likeness (QED) is 0.344. The highest BCUT2D eigenvalue weighted by atomic mass is 127. The number of benzene rings is 1. The molecule has 0 spiro atoms. The molecule has 3 unspecified atom stereocenters. The maximum atomic E-state index is 5.76. The smallest absolute Gasteiger partial charge is 0.193 e. The van der Waals surface area contributed by atoms with Crippen LogP contribution < -0.4 is 5.32 Å². The normalized spacial score (nSPS) is 27.4. The van der Waals surface area contributed by atoms with Crippen molar-refractivity contribution in [2.24, 2.45) is 10.9 Å². The van der Waals surface area contributed by atoms with Gasteiger partial charge in [-0.3, -0.25) is 9.89 Å². The number of fused-ring (bicyclic) bond motifs is 1. The number of likely N-dealkylation sites (tertiary alicyclic amines) is 2. The molecule has 3 saturated heterocycles. The molecule has 3 atom stereocenters. The van der Waals surface area contributed by atoms with Crippen LogP contribution in [0.4, 0.5) is 0 Å². The first kappa shape index (κ1) is 23.8. The molecule has 6 heteroatoms. The van der Waals surface area contributed by atoms with E-state index in [4.69, 9.17) is 9.73 Å². The predicted molar refractivity (Wildman–Crippen MR) is 135 cm³/mol. The first-order valence-corrected chi connectivity index (χ1v) is 11.8. The minimum absolute atomic E-state index is 0. The Kier molecular flexibility index (Phi) is 9.71. The summed E-state index contributed by atoms with van der Waals surface area (Å²) in [5, 5.41) is 3.55. The zero-order chi connectivity index (χ0) is 19.9. The average molecular weight is 527 g/mol. The van der Waals surface area contributed by atoms with E-state index in [1.165, 1.54) is 44.2 Å². The number of rotatable bonds is 6. The fourth-order valence-corrected chi connectivity index (χ4v) is 5.33. The van der Waals surface area contributed by atoms with Crippen molar-refractivity contribution in [1.29, 1.82) is 0 Å². The standard InChI is InChI=1S/C24H38N4O.HI/c1-2-25-24(26-14-12-22-11-7-17-29-22)28-16-13-23-21(19-28)10-6-15-27(23)18-20-8-4-3-5-9-20;/h3-5,8-9,21-23H,2,6-7,10-19H2,1H3,(H,25,26);1H. The van der Waals surface area contributed by atoms with Crippen LogP contribution in [0.1, 0.15) is 51.0 Å². The van der Waals surface area contributed by atoms with Crippen LogP contribution in [0.25, 0.3) is 0 Å². The van der Waals surface area contributed by atoms with Crippen LogP contribution >= 0.6 is 24.0 Å². The predicted octanol–water partition coefficient (Wildman–Crippen LogP) is 4.13. The molecule has 1 aromatic carbocycles. The number of ether oxygens (including phenoxy) is 1. The molecule has 0 saturated carbocycles. The van der Waals surface area contributed by atoms with Gasteiger partial charge in [-0.2, -0.15) is 0 Å². The highest BCUT2D eigenvalue weighted by Gasteiger charge is 2.36. The second-order valence-corrected chi connectivity index (χ2v) is 8.82. The van der Waals surface area contributed by atoms with Gasteiger partial charge in [0.05, 0.1) is 6.10 Å². The van der Waals surface area contributed by atoms with Gasteiger partial charge in [-0.05, 0) is 63.5 Å². The number of aliphatic imine (C=N–C) groups is 1. The van der Waals surface area contributed by atoms with Gasteiger partial charge >= 0.3 is 0 Å². The Morgan fingerprint density at radius 1 is 1.13 bits per heavy atom. The number of nitrogens with one attached hydrogen (secondary N) is 1. The number of halogens is 1. The van der Waals surface area contributed by atoms with Crippen molar-refractivity contribution in [2.75, 3.05) is 39.3 Å². The minimum Gasteiger partial charge on any atom is -0.378 e. The summed E-state index contributed by atoms with van der Waals surface area (Å²) in [6, 6.07) is 11.7. The molecule has 0 radical (unpaired) electrons. The summed E-state index contributed by atoms with van der Waals surface area (Å²) in [5.41, 5.74) is 1.44. The number of hydrogen-bond donors (Lipinski definition) is 1. The summed E-state index contributed by atoms with van der Waals surface area (Å²) in [6.07, 6.45) is 7.81. The van der Waals surface area contributed by atoms with Crippen LogP contribution in [0.15, 0.2) is 35.3 Å². The van der Waals surface area contributed by atoms with E-state index in [0.717, 1.165) is 63.7 Å². The zero-order valence-corrected chi connectivity index (χ0v) is 20.8. The summed E-state index contributed by atoms with van der Waals surface area (Å²) in [4.78, 5) is 10.2. The van der Waals surface area contributed by atoms with Gasteiger partial charge in [-0.25, -0.2) is 0 Å². The van der Waals surface area contributed by atoms with Gasteiger partial charge in [0.15, 0.2) is 5.96 Å². The molecular weight excluding hydrogens is 487 g/mol. The number of hydrogen-bond acceptors (Lipinski definition) is 3. The summed E-state index contributed by atoms with van der Waals surface area (Å²) in [7, 11) is 0. The molecule has 3 heterocycles. The third-order valence-electron chi connectivity index (χ3n) is 6.78. The van der Waals surface area contributed by atoms with Gasteiger partial charge in [0.25, 0.3) is 0 Å². The van der Waals surface area contributed by atoms with E-state index in [1.807, 2.05) is 0 Å². The summed E-state index contributed by atoms with van der Waals surface area (Å²) in [5.74, 6) is 1.87. The van der Waals surface area contributed by atoms with Crippen LogP contribution in [0.3, 0.4) is 0 Å². The zero-order valence-electron chi connectivity index (χ0n) is 18.5. The first-order chi connectivity index (χ1) is 14.3. The summed E-state index contributed by atoms with van der Waals surface area (Å²) < 4.78 is 5.76. The molecule has 0 bridgehead atoms. The number of piperidine rings is 2. The van der Waals surface area contributed by atoms with Crippen LogP contribution in [0.5, 0.6) is 0 Å². The second kappa shape index (κ2) is 12.2. The topological polar surface area (TPSA) is 40.1 Å². The molecule has 3 aliphatic rings. The Bertz CT molecular complexity index is 650. The Labute approximate surface area is 199 Å². The van der Waals surface area contributed by atoms with E-state index in [0.29, 0.717) is 6.10 Å². The van der Waals surface area contributed by atoms with E-state index < -0.39 is 0 Å². The maximum Gasteiger partial charge on any atom is 0.193 e. The highest BCUT2D eigenvalue weighted by Crippen LogP contribution is 2.31. The fourth-order valence-electron chi connectivity index (χ4n) is 5.33. The van der Waals surface area contributed by atoms with E-state index in [9.17, 15) is 0 Å². The van der Waals surface area contributed by atoms with Crippen molar-refractivity contribution in [3.05, 3.63) is 35.9 Å². The number of nitrogens with zero attached hydrogens (tertiary/aromatic N) is 3. The van der Waals surface area contributed by atoms with E-state index in [1.54, 1.807) is 0 Å². The SMILES string of the molecule is CCNC(=NCCC1CCCO1)N1CCC2C(CCCN2Cc2ccccc2)C1.I. The minimum atomic E-state index is 0. The molecule has 5 nitrogen and oxygen atoms in total. The van der Waals surface area contributed by atoms with Crippen LogP contribution in [0, 0.1) is 5.92 Å². The molecule has 4 rings (SSSR count). The van der Waals surface area contributed by atoms with Gasteiger partial charge in [-0.15, -0.1) is 24.0 Å². The lowest BCUT2D eigenvalue weighted by Gasteiger charge is -2.48. The summed E-state index contributed by atoms with van der Waals surface area (Å²) >= 11 is 0. The van der Waals surface area contributed by atoms with Crippen molar-refractivity contribution in [3.63, 3.8) is 0 Å². The fraction of sp³-hybridized carbons (Fsp3) is 0.708. The highest BCUT2D eigenvalue weighted by molar-refractivity contribution is 14.0. The number of guanidine groups is 1. The van der Waals surface area contributed by atoms with Crippen LogP contribution in [-0.2, 0) is 11.3 Å². The lowest BCUT2D eigenvalue weighted by molar-refractivity contribution is 0.0372. The van der Waals surface area contributed by atoms with Gasteiger partial charge < -0.3 is 15.0 Å². The largest absolute Gasteiger partial charge is 0.378 e. The lowest BCUT2D eigenvalue weighted by atomic mass is 9.83. The Morgan fingerprint density at radius 2 is 2.00 bits per heavy atom. The van der Waals surface area contributed by atoms with Crippen LogP contribution in [0.2, 0.25) is 0 Å².